The zero-order valence-corrected chi connectivity index (χ0v) is 12.4. The Morgan fingerprint density at radius 2 is 2.00 bits per heavy atom. The standard InChI is InChI=1S/C13H10BrN3O4/c1-17-11(18)5-4-9(16-17)12(19)15-10-6-7(14)2-3-8(10)13(20)21/h2-6H,1H3,(H,15,19)(H,20,21). The first-order valence-electron chi connectivity index (χ1n) is 5.77. The lowest BCUT2D eigenvalue weighted by Gasteiger charge is -2.09. The third-order valence-electron chi connectivity index (χ3n) is 2.65. The smallest absolute Gasteiger partial charge is 0.337 e. The van der Waals surface area contributed by atoms with Crippen molar-refractivity contribution in [2.24, 2.45) is 7.05 Å². The van der Waals surface area contributed by atoms with E-state index in [4.69, 9.17) is 5.11 Å². The van der Waals surface area contributed by atoms with Crippen LogP contribution in [0.15, 0.2) is 39.6 Å². The van der Waals surface area contributed by atoms with Gasteiger partial charge in [-0.15, -0.1) is 0 Å². The minimum atomic E-state index is -1.16. The van der Waals surface area contributed by atoms with E-state index in [2.05, 4.69) is 26.3 Å². The van der Waals surface area contributed by atoms with Gasteiger partial charge in [0, 0.05) is 17.6 Å². The molecule has 0 saturated carbocycles. The number of aromatic nitrogens is 2. The summed E-state index contributed by atoms with van der Waals surface area (Å²) in [6.07, 6.45) is 0. The van der Waals surface area contributed by atoms with Crippen LogP contribution in [-0.4, -0.2) is 26.8 Å². The van der Waals surface area contributed by atoms with Crippen molar-refractivity contribution in [1.29, 1.82) is 0 Å². The second-order valence-corrected chi connectivity index (χ2v) is 5.05. The largest absolute Gasteiger partial charge is 0.478 e. The first kappa shape index (κ1) is 14.9. The fraction of sp³-hybridized carbons (Fsp3) is 0.0769. The molecule has 0 bridgehead atoms. The van der Waals surface area contributed by atoms with E-state index in [9.17, 15) is 14.4 Å². The summed E-state index contributed by atoms with van der Waals surface area (Å²) in [6, 6.07) is 6.89. The second kappa shape index (κ2) is 5.88. The molecule has 8 heteroatoms. The van der Waals surface area contributed by atoms with Gasteiger partial charge >= 0.3 is 5.97 Å². The molecule has 0 saturated heterocycles. The SMILES string of the molecule is Cn1nc(C(=O)Nc2cc(Br)ccc2C(=O)O)ccc1=O. The molecule has 0 aliphatic rings. The number of amides is 1. The van der Waals surface area contributed by atoms with Gasteiger partial charge in [0.05, 0.1) is 11.3 Å². The maximum atomic E-state index is 12.1. The topological polar surface area (TPSA) is 101 Å². The molecule has 0 unspecified atom stereocenters. The Morgan fingerprint density at radius 3 is 2.62 bits per heavy atom. The molecule has 0 spiro atoms. The van der Waals surface area contributed by atoms with Gasteiger partial charge in [-0.2, -0.15) is 5.10 Å². The number of anilines is 1. The highest BCUT2D eigenvalue weighted by Crippen LogP contribution is 2.22. The highest BCUT2D eigenvalue weighted by molar-refractivity contribution is 9.10. The fourth-order valence-electron chi connectivity index (χ4n) is 1.62. The lowest BCUT2D eigenvalue weighted by Crippen LogP contribution is -2.24. The molecule has 0 atom stereocenters. The molecule has 1 aromatic heterocycles. The van der Waals surface area contributed by atoms with Crippen LogP contribution in [-0.2, 0) is 7.05 Å². The zero-order chi connectivity index (χ0) is 15.6. The van der Waals surface area contributed by atoms with Gasteiger partial charge in [0.1, 0.15) is 5.69 Å². The Labute approximate surface area is 127 Å². The van der Waals surface area contributed by atoms with E-state index in [-0.39, 0.29) is 22.5 Å². The van der Waals surface area contributed by atoms with Crippen molar-refractivity contribution in [2.45, 2.75) is 0 Å². The normalized spacial score (nSPS) is 10.2. The lowest BCUT2D eigenvalue weighted by molar-refractivity contribution is 0.0698. The number of halogens is 1. The lowest BCUT2D eigenvalue weighted by atomic mass is 10.1. The number of nitrogens with one attached hydrogen (secondary N) is 1. The van der Waals surface area contributed by atoms with Crippen LogP contribution in [0.3, 0.4) is 0 Å². The van der Waals surface area contributed by atoms with Crippen molar-refractivity contribution in [2.75, 3.05) is 5.32 Å². The predicted molar refractivity (Wildman–Crippen MR) is 78.5 cm³/mol. The third-order valence-corrected chi connectivity index (χ3v) is 3.15. The van der Waals surface area contributed by atoms with Gasteiger partial charge < -0.3 is 10.4 Å². The molecule has 2 aromatic rings. The zero-order valence-electron chi connectivity index (χ0n) is 10.8. The number of rotatable bonds is 3. The molecule has 0 aliphatic heterocycles. The van der Waals surface area contributed by atoms with Crippen molar-refractivity contribution < 1.29 is 14.7 Å². The van der Waals surface area contributed by atoms with Crippen LogP contribution in [0, 0.1) is 0 Å². The van der Waals surface area contributed by atoms with Gasteiger partial charge in [-0.05, 0) is 24.3 Å². The van der Waals surface area contributed by atoms with Crippen LogP contribution >= 0.6 is 15.9 Å². The van der Waals surface area contributed by atoms with E-state index < -0.39 is 11.9 Å². The number of carbonyl (C=O) groups is 2. The Kier molecular flexibility index (Phi) is 4.18. The number of benzene rings is 1. The van der Waals surface area contributed by atoms with Gasteiger partial charge in [-0.3, -0.25) is 9.59 Å². The number of carbonyl (C=O) groups excluding carboxylic acids is 1. The summed E-state index contributed by atoms with van der Waals surface area (Å²) < 4.78 is 1.64. The first-order valence-corrected chi connectivity index (χ1v) is 6.56. The fourth-order valence-corrected chi connectivity index (χ4v) is 1.98. The molecular formula is C13H10BrN3O4. The van der Waals surface area contributed by atoms with Crippen molar-refractivity contribution in [3.63, 3.8) is 0 Å². The van der Waals surface area contributed by atoms with Crippen molar-refractivity contribution in [3.05, 3.63) is 56.4 Å². The molecule has 2 N–H and O–H groups in total. The quantitative estimate of drug-likeness (QED) is 0.872. The minimum absolute atomic E-state index is 0.00779. The summed E-state index contributed by atoms with van der Waals surface area (Å²) in [5, 5.41) is 15.4. The Hall–Kier alpha value is -2.48. The molecule has 21 heavy (non-hydrogen) atoms. The molecule has 1 aromatic carbocycles. The number of aryl methyl sites for hydroxylation is 1. The number of nitrogens with zero attached hydrogens (tertiary/aromatic N) is 2. The summed E-state index contributed by atoms with van der Waals surface area (Å²) in [6.45, 7) is 0. The van der Waals surface area contributed by atoms with Gasteiger partial charge in [0.25, 0.3) is 11.5 Å². The van der Waals surface area contributed by atoms with Gasteiger partial charge in [-0.1, -0.05) is 15.9 Å². The Morgan fingerprint density at radius 1 is 1.29 bits per heavy atom. The van der Waals surface area contributed by atoms with Crippen LogP contribution in [0.1, 0.15) is 20.8 Å². The molecule has 0 radical (unpaired) electrons. The first-order chi connectivity index (χ1) is 9.88. The Bertz CT molecular complexity index is 785. The molecule has 2 rings (SSSR count). The molecule has 0 fully saturated rings. The van der Waals surface area contributed by atoms with Crippen LogP contribution in [0.2, 0.25) is 0 Å². The van der Waals surface area contributed by atoms with E-state index in [0.717, 1.165) is 4.68 Å². The van der Waals surface area contributed by atoms with E-state index >= 15 is 0 Å². The van der Waals surface area contributed by atoms with E-state index in [0.29, 0.717) is 4.47 Å². The van der Waals surface area contributed by atoms with Crippen LogP contribution in [0.25, 0.3) is 0 Å². The minimum Gasteiger partial charge on any atom is -0.478 e. The molecule has 1 heterocycles. The molecular weight excluding hydrogens is 342 g/mol. The number of carboxylic acids is 1. The summed E-state index contributed by atoms with van der Waals surface area (Å²) in [5.74, 6) is -1.77. The summed E-state index contributed by atoms with van der Waals surface area (Å²) in [5.41, 5.74) is -0.248. The van der Waals surface area contributed by atoms with Crippen LogP contribution < -0.4 is 10.9 Å². The Balaban J connectivity index is 2.35. The maximum absolute atomic E-state index is 12.1. The number of hydrogen-bond donors (Lipinski definition) is 2. The van der Waals surface area contributed by atoms with Crippen LogP contribution in [0.5, 0.6) is 0 Å². The monoisotopic (exact) mass is 351 g/mol. The van der Waals surface area contributed by atoms with Crippen molar-refractivity contribution in [1.82, 2.24) is 9.78 Å². The number of aromatic carboxylic acids is 1. The van der Waals surface area contributed by atoms with E-state index in [1.165, 1.54) is 31.3 Å². The predicted octanol–water partition coefficient (Wildman–Crippen LogP) is 1.49. The highest BCUT2D eigenvalue weighted by atomic mass is 79.9. The summed E-state index contributed by atoms with van der Waals surface area (Å²) >= 11 is 3.21. The number of hydrogen-bond acceptors (Lipinski definition) is 4. The van der Waals surface area contributed by atoms with Gasteiger partial charge in [0.2, 0.25) is 0 Å². The van der Waals surface area contributed by atoms with E-state index in [1.807, 2.05) is 0 Å². The summed E-state index contributed by atoms with van der Waals surface area (Å²) in [4.78, 5) is 34.4. The van der Waals surface area contributed by atoms with Crippen molar-refractivity contribution >= 4 is 33.5 Å². The molecule has 1 amide bonds. The highest BCUT2D eigenvalue weighted by Gasteiger charge is 2.15. The third kappa shape index (κ3) is 3.34. The van der Waals surface area contributed by atoms with Crippen molar-refractivity contribution in [3.8, 4) is 0 Å². The van der Waals surface area contributed by atoms with Gasteiger partial charge in [-0.25, -0.2) is 9.48 Å². The van der Waals surface area contributed by atoms with E-state index in [1.54, 1.807) is 6.07 Å². The van der Waals surface area contributed by atoms with Crippen LogP contribution in [0.4, 0.5) is 5.69 Å². The molecule has 108 valence electrons. The maximum Gasteiger partial charge on any atom is 0.337 e. The summed E-state index contributed by atoms with van der Waals surface area (Å²) in [7, 11) is 1.42. The van der Waals surface area contributed by atoms with Gasteiger partial charge in [0.15, 0.2) is 0 Å². The average molecular weight is 352 g/mol. The second-order valence-electron chi connectivity index (χ2n) is 4.13. The molecule has 0 aliphatic carbocycles. The average Bonchev–Trinajstić information content (AvgIpc) is 2.41. The molecule has 7 nitrogen and oxygen atoms in total. The number of carboxylic acid groups (broad SMARTS) is 1.